The van der Waals surface area contributed by atoms with E-state index in [1.165, 1.54) is 24.1 Å². The number of hydrogen-bond acceptors (Lipinski definition) is 5. The van der Waals surface area contributed by atoms with Crippen LogP contribution in [0.1, 0.15) is 22.7 Å². The lowest BCUT2D eigenvalue weighted by Crippen LogP contribution is -2.29. The number of ether oxygens (including phenoxy) is 1. The van der Waals surface area contributed by atoms with Gasteiger partial charge in [-0.15, -0.1) is 0 Å². The van der Waals surface area contributed by atoms with Crippen molar-refractivity contribution >= 4 is 39.1 Å². The largest absolute Gasteiger partial charge is 0.508 e. The lowest BCUT2D eigenvalue weighted by atomic mass is 9.95. The highest BCUT2D eigenvalue weighted by molar-refractivity contribution is 9.10. The molecule has 3 aromatic carbocycles. The fraction of sp³-hybridized carbons (Fsp3) is 0.120. The van der Waals surface area contributed by atoms with Gasteiger partial charge in [0.2, 0.25) is 0 Å². The number of phenolic OH excluding ortho intramolecular Hbond substituents is 1. The number of nitrogens with zero attached hydrogens (tertiary/aromatic N) is 1. The summed E-state index contributed by atoms with van der Waals surface area (Å²) in [6.45, 7) is 1.89. The number of phenols is 1. The van der Waals surface area contributed by atoms with Crippen LogP contribution in [0.15, 0.2) is 76.8 Å². The predicted octanol–water partition coefficient (Wildman–Crippen LogP) is 5.10. The zero-order valence-electron chi connectivity index (χ0n) is 17.4. The van der Waals surface area contributed by atoms with Gasteiger partial charge in [-0.2, -0.15) is 0 Å². The monoisotopic (exact) mass is 493 g/mol. The molecule has 1 heterocycles. The third-order valence-electron chi connectivity index (χ3n) is 5.36. The number of ketones is 1. The first-order valence-electron chi connectivity index (χ1n) is 9.82. The maximum Gasteiger partial charge on any atom is 0.300 e. The molecule has 1 unspecified atom stereocenters. The quantitative estimate of drug-likeness (QED) is 0.300. The van der Waals surface area contributed by atoms with E-state index in [4.69, 9.17) is 4.74 Å². The number of Topliss-reactive ketones (excluding diaryl/α,β-unsaturated/α-hetero) is 1. The van der Waals surface area contributed by atoms with E-state index in [0.717, 1.165) is 5.56 Å². The van der Waals surface area contributed by atoms with Crippen LogP contribution in [0.5, 0.6) is 11.5 Å². The molecule has 1 atom stereocenters. The van der Waals surface area contributed by atoms with Gasteiger partial charge in [0.05, 0.1) is 23.2 Å². The number of carbonyl (C=O) groups is 2. The van der Waals surface area contributed by atoms with Crippen molar-refractivity contribution in [2.75, 3.05) is 12.0 Å². The van der Waals surface area contributed by atoms with Gasteiger partial charge < -0.3 is 14.9 Å². The lowest BCUT2D eigenvalue weighted by Gasteiger charge is -2.25. The molecule has 7 heteroatoms. The summed E-state index contributed by atoms with van der Waals surface area (Å²) in [6.07, 6.45) is 0. The van der Waals surface area contributed by atoms with Crippen molar-refractivity contribution in [1.29, 1.82) is 0 Å². The summed E-state index contributed by atoms with van der Waals surface area (Å²) < 4.78 is 5.83. The lowest BCUT2D eigenvalue weighted by molar-refractivity contribution is -0.132. The highest BCUT2D eigenvalue weighted by Crippen LogP contribution is 2.43. The van der Waals surface area contributed by atoms with Gasteiger partial charge >= 0.3 is 0 Å². The molecule has 6 nitrogen and oxygen atoms in total. The second-order valence-corrected chi connectivity index (χ2v) is 8.30. The van der Waals surface area contributed by atoms with Crippen molar-refractivity contribution in [2.45, 2.75) is 13.0 Å². The predicted molar refractivity (Wildman–Crippen MR) is 125 cm³/mol. The van der Waals surface area contributed by atoms with Crippen molar-refractivity contribution in [3.05, 3.63) is 93.5 Å². The number of hydrogen-bond donors (Lipinski definition) is 2. The molecule has 2 N–H and O–H groups in total. The van der Waals surface area contributed by atoms with Crippen LogP contribution >= 0.6 is 15.9 Å². The van der Waals surface area contributed by atoms with Gasteiger partial charge in [-0.3, -0.25) is 14.5 Å². The zero-order valence-corrected chi connectivity index (χ0v) is 19.0. The van der Waals surface area contributed by atoms with Crippen molar-refractivity contribution < 1.29 is 24.5 Å². The average molecular weight is 494 g/mol. The average Bonchev–Trinajstić information content (AvgIpc) is 3.04. The molecular weight excluding hydrogens is 474 g/mol. The summed E-state index contributed by atoms with van der Waals surface area (Å²) in [5, 5.41) is 20.9. The number of amides is 1. The third kappa shape index (κ3) is 3.76. The van der Waals surface area contributed by atoms with Gasteiger partial charge in [0.15, 0.2) is 0 Å². The number of aromatic hydroxyl groups is 1. The van der Waals surface area contributed by atoms with Crippen LogP contribution < -0.4 is 9.64 Å². The molecule has 0 radical (unpaired) electrons. The number of carbonyl (C=O) groups excluding carboxylic acids is 2. The maximum atomic E-state index is 13.2. The Balaban J connectivity index is 1.94. The molecule has 1 amide bonds. The molecule has 0 saturated carbocycles. The SMILES string of the molecule is COc1ccc(/C(O)=C2/C(=O)C(=O)N(c3cccc(C)c3)C2c2ccc(O)cc2)cc1Br. The molecule has 1 aliphatic heterocycles. The maximum absolute atomic E-state index is 13.2. The number of aliphatic hydroxyl groups excluding tert-OH is 1. The van der Waals surface area contributed by atoms with Crippen molar-refractivity contribution in [3.8, 4) is 11.5 Å². The van der Waals surface area contributed by atoms with Crippen molar-refractivity contribution in [2.24, 2.45) is 0 Å². The molecule has 32 heavy (non-hydrogen) atoms. The van der Waals surface area contributed by atoms with Gasteiger partial charge in [-0.05, 0) is 76.4 Å². The van der Waals surface area contributed by atoms with Gasteiger partial charge in [0.25, 0.3) is 11.7 Å². The van der Waals surface area contributed by atoms with E-state index in [1.807, 2.05) is 19.1 Å². The third-order valence-corrected chi connectivity index (χ3v) is 5.98. The molecule has 0 aromatic heterocycles. The van der Waals surface area contributed by atoms with Crippen LogP contribution in [0.25, 0.3) is 5.76 Å². The Morgan fingerprint density at radius 1 is 1.03 bits per heavy atom. The molecule has 0 bridgehead atoms. The topological polar surface area (TPSA) is 87.1 Å². The summed E-state index contributed by atoms with van der Waals surface area (Å²) in [5.41, 5.74) is 2.38. The molecule has 4 rings (SSSR count). The van der Waals surface area contributed by atoms with E-state index in [1.54, 1.807) is 42.5 Å². The normalized spacial score (nSPS) is 17.6. The minimum absolute atomic E-state index is 0.0285. The Kier molecular flexibility index (Phi) is 5.76. The number of methoxy groups -OCH3 is 1. The van der Waals surface area contributed by atoms with Gasteiger partial charge in [-0.1, -0.05) is 24.3 Å². The molecule has 1 aliphatic rings. The molecular formula is C25H20BrNO5. The summed E-state index contributed by atoms with van der Waals surface area (Å²) in [5.74, 6) is -1.19. The minimum Gasteiger partial charge on any atom is -0.508 e. The van der Waals surface area contributed by atoms with E-state index >= 15 is 0 Å². The number of benzene rings is 3. The first-order chi connectivity index (χ1) is 15.3. The van der Waals surface area contributed by atoms with E-state index in [-0.39, 0.29) is 17.1 Å². The van der Waals surface area contributed by atoms with E-state index in [0.29, 0.717) is 27.0 Å². The Morgan fingerprint density at radius 3 is 2.38 bits per heavy atom. The Bertz CT molecular complexity index is 1250. The van der Waals surface area contributed by atoms with Crippen LogP contribution in [0.3, 0.4) is 0 Å². The Hall–Kier alpha value is -3.58. The number of aliphatic hydroxyl groups is 1. The van der Waals surface area contributed by atoms with Gasteiger partial charge in [-0.25, -0.2) is 0 Å². The molecule has 162 valence electrons. The van der Waals surface area contributed by atoms with Crippen LogP contribution in [-0.2, 0) is 9.59 Å². The fourth-order valence-corrected chi connectivity index (χ4v) is 4.36. The van der Waals surface area contributed by atoms with Crippen LogP contribution in [0.4, 0.5) is 5.69 Å². The van der Waals surface area contributed by atoms with Crippen LogP contribution in [0.2, 0.25) is 0 Å². The Labute approximate surface area is 193 Å². The van der Waals surface area contributed by atoms with E-state index < -0.39 is 17.7 Å². The standard InChI is InChI=1S/C25H20BrNO5/c1-14-4-3-5-17(12-14)27-22(15-6-9-18(28)10-7-15)21(24(30)25(27)31)23(29)16-8-11-20(32-2)19(26)13-16/h3-13,22,28-29H,1-2H3/b23-21-. The summed E-state index contributed by atoms with van der Waals surface area (Å²) >= 11 is 3.39. The number of halogens is 1. The van der Waals surface area contributed by atoms with Crippen molar-refractivity contribution in [1.82, 2.24) is 0 Å². The van der Waals surface area contributed by atoms with Crippen LogP contribution in [0, 0.1) is 6.92 Å². The Morgan fingerprint density at radius 2 is 1.75 bits per heavy atom. The van der Waals surface area contributed by atoms with Gasteiger partial charge in [0.1, 0.15) is 17.3 Å². The molecule has 3 aromatic rings. The summed E-state index contributed by atoms with van der Waals surface area (Å²) in [7, 11) is 1.53. The summed E-state index contributed by atoms with van der Waals surface area (Å²) in [6, 6.07) is 17.5. The first kappa shape index (κ1) is 21.6. The second-order valence-electron chi connectivity index (χ2n) is 7.45. The number of anilines is 1. The number of rotatable bonds is 4. The highest BCUT2D eigenvalue weighted by atomic mass is 79.9. The van der Waals surface area contributed by atoms with E-state index in [2.05, 4.69) is 15.9 Å². The minimum atomic E-state index is -0.863. The highest BCUT2D eigenvalue weighted by Gasteiger charge is 2.47. The number of aryl methyl sites for hydroxylation is 1. The molecule has 1 saturated heterocycles. The smallest absolute Gasteiger partial charge is 0.300 e. The second kappa shape index (κ2) is 8.51. The fourth-order valence-electron chi connectivity index (χ4n) is 3.82. The first-order valence-corrected chi connectivity index (χ1v) is 10.6. The molecule has 1 fully saturated rings. The zero-order chi connectivity index (χ0) is 23.0. The van der Waals surface area contributed by atoms with E-state index in [9.17, 15) is 19.8 Å². The summed E-state index contributed by atoms with van der Waals surface area (Å²) in [4.78, 5) is 27.7. The van der Waals surface area contributed by atoms with Crippen molar-refractivity contribution in [3.63, 3.8) is 0 Å². The molecule has 0 aliphatic carbocycles. The molecule has 0 spiro atoms. The van der Waals surface area contributed by atoms with Gasteiger partial charge in [0, 0.05) is 11.3 Å². The van der Waals surface area contributed by atoms with Crippen LogP contribution in [-0.4, -0.2) is 29.0 Å².